The first-order valence-corrected chi connectivity index (χ1v) is 13.2. The highest BCUT2D eigenvalue weighted by Crippen LogP contribution is 2.50. The lowest BCUT2D eigenvalue weighted by Crippen LogP contribution is -2.54. The molecule has 1 fully saturated rings. The van der Waals surface area contributed by atoms with Crippen molar-refractivity contribution in [2.24, 2.45) is 0 Å². The molecule has 1 aliphatic carbocycles. The van der Waals surface area contributed by atoms with Gasteiger partial charge in [0, 0.05) is 12.4 Å². The summed E-state index contributed by atoms with van der Waals surface area (Å²) >= 11 is 0. The molecule has 0 atom stereocenters. The third-order valence-corrected chi connectivity index (χ3v) is 10.9. The van der Waals surface area contributed by atoms with Gasteiger partial charge in [0.05, 0.1) is 29.8 Å². The first-order chi connectivity index (χ1) is 14.1. The van der Waals surface area contributed by atoms with Crippen LogP contribution < -0.4 is 0 Å². The summed E-state index contributed by atoms with van der Waals surface area (Å²) in [7, 11) is -2.07. The molecular formula is C21H29F3N4O2Si. The summed E-state index contributed by atoms with van der Waals surface area (Å²) in [5.74, 6) is -0.531. The van der Waals surface area contributed by atoms with Gasteiger partial charge in [-0.2, -0.15) is 18.3 Å². The predicted molar refractivity (Wildman–Crippen MR) is 112 cm³/mol. The fourth-order valence-corrected chi connectivity index (χ4v) is 5.45. The molecule has 3 rings (SSSR count). The summed E-state index contributed by atoms with van der Waals surface area (Å²) in [6.07, 6.45) is -0.280. The van der Waals surface area contributed by atoms with E-state index in [-0.39, 0.29) is 17.3 Å². The van der Waals surface area contributed by atoms with E-state index in [1.54, 1.807) is 6.07 Å². The molecule has 1 aliphatic rings. The van der Waals surface area contributed by atoms with Gasteiger partial charge in [0.1, 0.15) is 5.82 Å². The van der Waals surface area contributed by atoms with E-state index in [2.05, 4.69) is 48.9 Å². The quantitative estimate of drug-likeness (QED) is 0.441. The standard InChI is InChI=1S/C21H29F3N4O2Si/c1-19(2,3)31(5,6)30-20(4)11-14(12-20)28-18(21(22,23)24)15(13-27-28)16(29)10-17-25-8-7-9-26-17/h7-9,13-14H,10-12H2,1-6H3/t14-,20+. The first kappa shape index (κ1) is 23.6. The van der Waals surface area contributed by atoms with Gasteiger partial charge in [-0.3, -0.25) is 9.48 Å². The zero-order valence-electron chi connectivity index (χ0n) is 18.7. The van der Waals surface area contributed by atoms with Gasteiger partial charge in [-0.25, -0.2) is 9.97 Å². The number of alkyl halides is 3. The van der Waals surface area contributed by atoms with Gasteiger partial charge in [-0.1, -0.05) is 20.8 Å². The number of carbonyl (C=O) groups is 1. The Labute approximate surface area is 181 Å². The lowest BCUT2D eigenvalue weighted by molar-refractivity contribution is -0.149. The maximum absolute atomic E-state index is 13.9. The molecule has 0 radical (unpaired) electrons. The Bertz CT molecular complexity index is 946. The average Bonchev–Trinajstić information content (AvgIpc) is 3.04. The SMILES string of the molecule is CC(C)(C)[Si](C)(C)O[C@]1(C)C[C@H](n2ncc(C(=O)Cc3ncccn3)c2C(F)(F)F)C1. The number of hydrogen-bond donors (Lipinski definition) is 0. The Kier molecular flexibility index (Phi) is 5.94. The van der Waals surface area contributed by atoms with E-state index in [0.717, 1.165) is 10.9 Å². The van der Waals surface area contributed by atoms with Gasteiger partial charge in [-0.05, 0) is 44.0 Å². The molecule has 2 aromatic rings. The van der Waals surface area contributed by atoms with Gasteiger partial charge in [-0.15, -0.1) is 0 Å². The molecule has 10 heteroatoms. The van der Waals surface area contributed by atoms with Gasteiger partial charge >= 0.3 is 6.18 Å². The minimum absolute atomic E-state index is 0.00300. The molecule has 0 amide bonds. The van der Waals surface area contributed by atoms with Crippen molar-refractivity contribution >= 4 is 14.1 Å². The molecule has 0 saturated heterocycles. The van der Waals surface area contributed by atoms with Crippen molar-refractivity contribution in [1.82, 2.24) is 19.7 Å². The molecule has 2 aromatic heterocycles. The van der Waals surface area contributed by atoms with Gasteiger partial charge < -0.3 is 4.43 Å². The van der Waals surface area contributed by atoms with E-state index in [9.17, 15) is 18.0 Å². The molecule has 6 nitrogen and oxygen atoms in total. The molecular weight excluding hydrogens is 425 g/mol. The normalized spacial score (nSPS) is 22.3. The monoisotopic (exact) mass is 454 g/mol. The van der Waals surface area contributed by atoms with Gasteiger partial charge in [0.2, 0.25) is 0 Å². The number of ketones is 1. The van der Waals surface area contributed by atoms with Crippen molar-refractivity contribution < 1.29 is 22.4 Å². The molecule has 0 aliphatic heterocycles. The highest BCUT2D eigenvalue weighted by atomic mass is 28.4. The Morgan fingerprint density at radius 2 is 1.81 bits per heavy atom. The molecule has 31 heavy (non-hydrogen) atoms. The van der Waals surface area contributed by atoms with E-state index in [4.69, 9.17) is 4.43 Å². The van der Waals surface area contributed by atoms with Crippen LogP contribution in [0.1, 0.15) is 68.5 Å². The van der Waals surface area contributed by atoms with Crippen LogP contribution in [0.2, 0.25) is 18.1 Å². The number of Topliss-reactive ketones (excluding diaryl/α,β-unsaturated/α-hetero) is 1. The number of nitrogens with zero attached hydrogens (tertiary/aromatic N) is 4. The van der Waals surface area contributed by atoms with Crippen molar-refractivity contribution in [2.75, 3.05) is 0 Å². The zero-order valence-corrected chi connectivity index (χ0v) is 19.7. The van der Waals surface area contributed by atoms with Crippen LogP contribution in [0.15, 0.2) is 24.7 Å². The molecule has 170 valence electrons. The van der Waals surface area contributed by atoms with Gasteiger partial charge in [0.25, 0.3) is 0 Å². The van der Waals surface area contributed by atoms with Crippen LogP contribution in [-0.4, -0.2) is 39.5 Å². The number of rotatable bonds is 6. The molecule has 0 N–H and O–H groups in total. The summed E-state index contributed by atoms with van der Waals surface area (Å²) in [6.45, 7) is 12.6. The molecule has 0 spiro atoms. The third kappa shape index (κ3) is 4.90. The van der Waals surface area contributed by atoms with Gasteiger partial charge in [0.15, 0.2) is 19.8 Å². The second-order valence-electron chi connectivity index (χ2n) is 9.99. The smallest absolute Gasteiger partial charge is 0.411 e. The summed E-state index contributed by atoms with van der Waals surface area (Å²) < 4.78 is 49.2. The Morgan fingerprint density at radius 1 is 1.23 bits per heavy atom. The third-order valence-electron chi connectivity index (χ3n) is 6.29. The van der Waals surface area contributed by atoms with Crippen LogP contribution >= 0.6 is 0 Å². The summed E-state index contributed by atoms with van der Waals surface area (Å²) in [4.78, 5) is 20.4. The van der Waals surface area contributed by atoms with Crippen molar-refractivity contribution in [3.05, 3.63) is 41.7 Å². The molecule has 2 heterocycles. The summed E-state index contributed by atoms with van der Waals surface area (Å²) in [6, 6.07) is 1.10. The number of hydrogen-bond acceptors (Lipinski definition) is 5. The molecule has 1 saturated carbocycles. The average molecular weight is 455 g/mol. The van der Waals surface area contributed by atoms with Crippen LogP contribution in [0.25, 0.3) is 0 Å². The number of halogens is 3. The van der Waals surface area contributed by atoms with Crippen LogP contribution in [0.3, 0.4) is 0 Å². The Balaban J connectivity index is 1.81. The first-order valence-electron chi connectivity index (χ1n) is 10.3. The summed E-state index contributed by atoms with van der Waals surface area (Å²) in [5.41, 5.74) is -1.95. The maximum Gasteiger partial charge on any atom is 0.433 e. The van der Waals surface area contributed by atoms with E-state index >= 15 is 0 Å². The van der Waals surface area contributed by atoms with E-state index in [0.29, 0.717) is 12.8 Å². The molecule has 0 unspecified atom stereocenters. The second-order valence-corrected chi connectivity index (χ2v) is 14.7. The zero-order chi connectivity index (χ0) is 23.2. The van der Waals surface area contributed by atoms with E-state index in [1.165, 1.54) is 12.4 Å². The van der Waals surface area contributed by atoms with Crippen molar-refractivity contribution in [2.45, 2.75) is 82.9 Å². The fourth-order valence-electron chi connectivity index (χ4n) is 3.75. The van der Waals surface area contributed by atoms with Crippen LogP contribution in [-0.2, 0) is 17.0 Å². The lowest BCUT2D eigenvalue weighted by atomic mass is 9.77. The van der Waals surface area contributed by atoms with Crippen molar-refractivity contribution in [1.29, 1.82) is 0 Å². The van der Waals surface area contributed by atoms with E-state index < -0.39 is 43.2 Å². The predicted octanol–water partition coefficient (Wildman–Crippen LogP) is 5.23. The Morgan fingerprint density at radius 3 is 2.32 bits per heavy atom. The fraction of sp³-hybridized carbons (Fsp3) is 0.619. The van der Waals surface area contributed by atoms with Crippen LogP contribution in [0, 0.1) is 0 Å². The van der Waals surface area contributed by atoms with Crippen molar-refractivity contribution in [3.8, 4) is 0 Å². The largest absolute Gasteiger partial charge is 0.433 e. The number of aromatic nitrogens is 4. The minimum Gasteiger partial charge on any atom is -0.411 e. The second kappa shape index (κ2) is 7.81. The van der Waals surface area contributed by atoms with E-state index in [1.807, 2.05) is 6.92 Å². The highest BCUT2D eigenvalue weighted by molar-refractivity contribution is 6.74. The minimum atomic E-state index is -4.70. The van der Waals surface area contributed by atoms with Crippen LogP contribution in [0.4, 0.5) is 13.2 Å². The summed E-state index contributed by atoms with van der Waals surface area (Å²) in [5, 5.41) is 3.97. The van der Waals surface area contributed by atoms with Crippen molar-refractivity contribution in [3.63, 3.8) is 0 Å². The highest BCUT2D eigenvalue weighted by Gasteiger charge is 2.51. The molecule has 0 bridgehead atoms. The lowest BCUT2D eigenvalue weighted by Gasteiger charge is -2.52. The topological polar surface area (TPSA) is 69.9 Å². The molecule has 0 aromatic carbocycles. The maximum atomic E-state index is 13.9. The number of carbonyl (C=O) groups excluding carboxylic acids is 1. The van der Waals surface area contributed by atoms with Crippen LogP contribution in [0.5, 0.6) is 0 Å². The Hall–Kier alpha value is -2.07.